The molecule has 0 saturated heterocycles. The van der Waals surface area contributed by atoms with E-state index in [1.165, 1.54) is 21.0 Å². The molecule has 0 spiro atoms. The van der Waals surface area contributed by atoms with E-state index in [0.29, 0.717) is 6.20 Å². The molecule has 19 heavy (non-hydrogen) atoms. The van der Waals surface area contributed by atoms with Gasteiger partial charge in [0, 0.05) is 20.3 Å². The molecule has 0 aromatic carbocycles. The number of halogens is 5. The van der Waals surface area contributed by atoms with Crippen LogP contribution < -0.4 is 0 Å². The predicted molar refractivity (Wildman–Crippen MR) is 54.4 cm³/mol. The summed E-state index contributed by atoms with van der Waals surface area (Å²) in [7, 11) is 2.50. The van der Waals surface area contributed by atoms with Crippen LogP contribution in [0.1, 0.15) is 6.92 Å². The second-order valence-corrected chi connectivity index (χ2v) is 3.63. The van der Waals surface area contributed by atoms with E-state index >= 15 is 0 Å². The van der Waals surface area contributed by atoms with Crippen molar-refractivity contribution < 1.29 is 36.3 Å². The molecule has 4 nitrogen and oxygen atoms in total. The first-order chi connectivity index (χ1) is 8.45. The van der Waals surface area contributed by atoms with Crippen molar-refractivity contribution in [3.05, 3.63) is 11.8 Å². The van der Waals surface area contributed by atoms with Crippen molar-refractivity contribution in [1.82, 2.24) is 4.90 Å². The summed E-state index contributed by atoms with van der Waals surface area (Å²) in [5.74, 6) is -9.83. The standard InChI is InChI=1S/C10H12F5NO3/c1-4-19-8(18)6(5-16(2)3)7(17)9(11,12)10(13,14)15/h5H,4H2,1-3H3/b6-5-. The van der Waals surface area contributed by atoms with Gasteiger partial charge >= 0.3 is 18.1 Å². The smallest absolute Gasteiger partial charge is 0.461 e. The van der Waals surface area contributed by atoms with Crippen LogP contribution in [-0.4, -0.2) is 49.5 Å². The van der Waals surface area contributed by atoms with Crippen LogP contribution in [0.3, 0.4) is 0 Å². The van der Waals surface area contributed by atoms with E-state index in [1.54, 1.807) is 0 Å². The molecule has 0 rings (SSSR count). The minimum atomic E-state index is -6.08. The first kappa shape index (κ1) is 17.3. The number of ketones is 1. The van der Waals surface area contributed by atoms with E-state index in [2.05, 4.69) is 4.74 Å². The highest BCUT2D eigenvalue weighted by atomic mass is 19.4. The molecular formula is C10H12F5NO3. The minimum Gasteiger partial charge on any atom is -0.462 e. The number of carbonyl (C=O) groups excluding carboxylic acids is 2. The van der Waals surface area contributed by atoms with Crippen molar-refractivity contribution in [2.45, 2.75) is 19.0 Å². The number of hydrogen-bond donors (Lipinski definition) is 0. The Labute approximate surface area is 105 Å². The lowest BCUT2D eigenvalue weighted by atomic mass is 10.1. The van der Waals surface area contributed by atoms with E-state index in [-0.39, 0.29) is 6.61 Å². The minimum absolute atomic E-state index is 0.269. The predicted octanol–water partition coefficient (Wildman–Crippen LogP) is 1.76. The summed E-state index contributed by atoms with van der Waals surface area (Å²) >= 11 is 0. The summed E-state index contributed by atoms with van der Waals surface area (Å²) in [6.07, 6.45) is -5.53. The van der Waals surface area contributed by atoms with Gasteiger partial charge in [0.1, 0.15) is 5.57 Å². The van der Waals surface area contributed by atoms with Crippen LogP contribution in [0.4, 0.5) is 22.0 Å². The number of esters is 1. The van der Waals surface area contributed by atoms with Crippen LogP contribution in [0.25, 0.3) is 0 Å². The molecule has 0 aliphatic carbocycles. The fourth-order valence-corrected chi connectivity index (χ4v) is 0.969. The number of rotatable bonds is 5. The van der Waals surface area contributed by atoms with Gasteiger partial charge < -0.3 is 9.64 Å². The van der Waals surface area contributed by atoms with Gasteiger partial charge in [0.15, 0.2) is 0 Å². The number of nitrogens with zero attached hydrogens (tertiary/aromatic N) is 1. The molecule has 110 valence electrons. The molecule has 0 bridgehead atoms. The van der Waals surface area contributed by atoms with E-state index < -0.39 is 29.4 Å². The average Bonchev–Trinajstić information content (AvgIpc) is 2.23. The topological polar surface area (TPSA) is 46.6 Å². The largest absolute Gasteiger partial charge is 0.462 e. The fraction of sp³-hybridized carbons (Fsp3) is 0.600. The maximum absolute atomic E-state index is 12.9. The summed E-state index contributed by atoms with van der Waals surface area (Å²) in [5, 5.41) is 0. The highest BCUT2D eigenvalue weighted by Crippen LogP contribution is 2.38. The Hall–Kier alpha value is -1.67. The number of hydrogen-bond acceptors (Lipinski definition) is 4. The fourth-order valence-electron chi connectivity index (χ4n) is 0.969. The first-order valence-electron chi connectivity index (χ1n) is 4.99. The first-order valence-corrected chi connectivity index (χ1v) is 4.99. The van der Waals surface area contributed by atoms with Crippen LogP contribution in [0.2, 0.25) is 0 Å². The Kier molecular flexibility index (Phi) is 5.46. The molecule has 0 atom stereocenters. The molecule has 0 amide bonds. The second-order valence-electron chi connectivity index (χ2n) is 3.63. The van der Waals surface area contributed by atoms with E-state index in [0.717, 1.165) is 4.90 Å². The van der Waals surface area contributed by atoms with Crippen molar-refractivity contribution in [2.24, 2.45) is 0 Å². The molecule has 0 aromatic rings. The molecule has 0 aromatic heterocycles. The Morgan fingerprint density at radius 1 is 1.16 bits per heavy atom. The van der Waals surface area contributed by atoms with Crippen LogP contribution >= 0.6 is 0 Å². The number of alkyl halides is 5. The third kappa shape index (κ3) is 4.18. The van der Waals surface area contributed by atoms with E-state index in [9.17, 15) is 31.5 Å². The summed E-state index contributed by atoms with van der Waals surface area (Å²) < 4.78 is 66.2. The third-order valence-electron chi connectivity index (χ3n) is 1.77. The van der Waals surface area contributed by atoms with E-state index in [4.69, 9.17) is 0 Å². The molecule has 0 aliphatic heterocycles. The SMILES string of the molecule is CCOC(=O)/C(=C\N(C)C)C(=O)C(F)(F)C(F)(F)F. The Morgan fingerprint density at radius 3 is 1.95 bits per heavy atom. The van der Waals surface area contributed by atoms with Gasteiger partial charge in [0.05, 0.1) is 6.61 Å². The average molecular weight is 289 g/mol. The highest BCUT2D eigenvalue weighted by Gasteiger charge is 2.64. The van der Waals surface area contributed by atoms with Crippen LogP contribution in [0.5, 0.6) is 0 Å². The zero-order valence-electron chi connectivity index (χ0n) is 10.3. The lowest BCUT2D eigenvalue weighted by Crippen LogP contribution is -2.46. The maximum Gasteiger partial charge on any atom is 0.461 e. The van der Waals surface area contributed by atoms with Crippen molar-refractivity contribution in [1.29, 1.82) is 0 Å². The molecule has 0 aliphatic rings. The molecule has 0 saturated carbocycles. The summed E-state index contributed by atoms with van der Waals surface area (Å²) in [5.41, 5.74) is -1.37. The zero-order valence-corrected chi connectivity index (χ0v) is 10.3. The lowest BCUT2D eigenvalue weighted by molar-refractivity contribution is -0.266. The second kappa shape index (κ2) is 5.98. The lowest BCUT2D eigenvalue weighted by Gasteiger charge is -2.19. The van der Waals surface area contributed by atoms with Gasteiger partial charge in [-0.05, 0) is 6.92 Å². The maximum atomic E-state index is 12.9. The summed E-state index contributed by atoms with van der Waals surface area (Å²) in [6, 6.07) is 0. The molecule has 0 fully saturated rings. The van der Waals surface area contributed by atoms with Crippen molar-refractivity contribution >= 4 is 11.8 Å². The van der Waals surface area contributed by atoms with Crippen molar-refractivity contribution in [3.63, 3.8) is 0 Å². The zero-order chi connectivity index (χ0) is 15.4. The highest BCUT2D eigenvalue weighted by molar-refractivity contribution is 6.20. The van der Waals surface area contributed by atoms with E-state index in [1.807, 2.05) is 0 Å². The molecule has 0 unspecified atom stereocenters. The van der Waals surface area contributed by atoms with Crippen LogP contribution in [0, 0.1) is 0 Å². The summed E-state index contributed by atoms with van der Waals surface area (Å²) in [4.78, 5) is 23.4. The van der Waals surface area contributed by atoms with Gasteiger partial charge in [-0.2, -0.15) is 22.0 Å². The van der Waals surface area contributed by atoms with Gasteiger partial charge in [-0.1, -0.05) is 0 Å². The van der Waals surface area contributed by atoms with Crippen LogP contribution in [-0.2, 0) is 14.3 Å². The normalized spacial score (nSPS) is 13.2. The van der Waals surface area contributed by atoms with Gasteiger partial charge in [-0.3, -0.25) is 4.79 Å². The number of carbonyl (C=O) groups is 2. The van der Waals surface area contributed by atoms with Gasteiger partial charge in [0.25, 0.3) is 0 Å². The van der Waals surface area contributed by atoms with Gasteiger partial charge in [-0.25, -0.2) is 4.79 Å². The molecule has 0 N–H and O–H groups in total. The molecular weight excluding hydrogens is 277 g/mol. The molecule has 9 heteroatoms. The van der Waals surface area contributed by atoms with Crippen molar-refractivity contribution in [3.8, 4) is 0 Å². The van der Waals surface area contributed by atoms with Crippen molar-refractivity contribution in [2.75, 3.05) is 20.7 Å². The van der Waals surface area contributed by atoms with Gasteiger partial charge in [-0.15, -0.1) is 0 Å². The monoisotopic (exact) mass is 289 g/mol. The molecule has 0 heterocycles. The molecule has 0 radical (unpaired) electrons. The quantitative estimate of drug-likeness (QED) is 0.254. The Balaban J connectivity index is 5.54. The summed E-state index contributed by atoms with van der Waals surface area (Å²) in [6.45, 7) is 1.05. The Morgan fingerprint density at radius 2 is 1.63 bits per heavy atom. The van der Waals surface area contributed by atoms with Crippen LogP contribution in [0.15, 0.2) is 11.8 Å². The number of Topliss-reactive ketones (excluding diaryl/α,β-unsaturated/α-hetero) is 1. The third-order valence-corrected chi connectivity index (χ3v) is 1.77. The Bertz CT molecular complexity index is 387. The van der Waals surface area contributed by atoms with Gasteiger partial charge in [0.2, 0.25) is 5.78 Å². The number of ether oxygens (including phenoxy) is 1.